The fourth-order valence-corrected chi connectivity index (χ4v) is 2.28. The number of benzene rings is 1. The molecule has 0 bridgehead atoms. The van der Waals surface area contributed by atoms with Gasteiger partial charge in [-0.15, -0.1) is 0 Å². The van der Waals surface area contributed by atoms with E-state index in [1.165, 1.54) is 28.1 Å². The molecule has 1 heteroatoms. The monoisotopic (exact) mass is 183 g/mol. The molecule has 0 aliphatic carbocycles. The summed E-state index contributed by atoms with van der Waals surface area (Å²) in [6, 6.07) is 8.76. The number of rotatable bonds is 0. The maximum absolute atomic E-state index is 2.29. The van der Waals surface area contributed by atoms with Gasteiger partial charge in [0, 0.05) is 24.0 Å². The first-order valence-electron chi connectivity index (χ1n) is 5.03. The van der Waals surface area contributed by atoms with Crippen LogP contribution in [0.5, 0.6) is 0 Å². The van der Waals surface area contributed by atoms with Crippen molar-refractivity contribution in [3.63, 3.8) is 0 Å². The van der Waals surface area contributed by atoms with E-state index in [0.29, 0.717) is 0 Å². The van der Waals surface area contributed by atoms with Crippen LogP contribution < -0.4 is 0 Å². The lowest BCUT2D eigenvalue weighted by Crippen LogP contribution is -1.92. The lowest BCUT2D eigenvalue weighted by atomic mass is 10.0. The predicted octanol–water partition coefficient (Wildman–Crippen LogP) is 3.00. The number of nitrogens with zero attached hydrogens (tertiary/aromatic N) is 1. The van der Waals surface area contributed by atoms with Gasteiger partial charge in [0.15, 0.2) is 0 Å². The molecule has 1 aliphatic heterocycles. The molecule has 0 spiro atoms. The van der Waals surface area contributed by atoms with E-state index in [4.69, 9.17) is 0 Å². The highest BCUT2D eigenvalue weighted by Gasteiger charge is 2.19. The van der Waals surface area contributed by atoms with Crippen LogP contribution in [0, 0.1) is 13.8 Å². The van der Waals surface area contributed by atoms with Crippen LogP contribution in [0.1, 0.15) is 22.4 Å². The van der Waals surface area contributed by atoms with Crippen LogP contribution in [0.2, 0.25) is 0 Å². The van der Waals surface area contributed by atoms with Crippen molar-refractivity contribution in [1.82, 2.24) is 4.57 Å². The smallest absolute Gasteiger partial charge is 0.0491 e. The fraction of sp³-hybridized carbons (Fsp3) is 0.231. The van der Waals surface area contributed by atoms with E-state index in [2.05, 4.69) is 48.9 Å². The van der Waals surface area contributed by atoms with Crippen LogP contribution in [0.25, 0.3) is 5.69 Å². The largest absolute Gasteiger partial charge is 0.320 e. The second kappa shape index (κ2) is 2.50. The molecule has 0 saturated heterocycles. The standard InChI is InChI=1S/C13H13N/c1-9-5-6-13-12(10(9)2)8-11-4-3-7-14(11)13/h3-7H,8H2,1-2H3. The molecule has 0 saturated carbocycles. The van der Waals surface area contributed by atoms with Crippen molar-refractivity contribution in [2.24, 2.45) is 0 Å². The first-order chi connectivity index (χ1) is 6.77. The average molecular weight is 183 g/mol. The molecule has 1 aromatic carbocycles. The van der Waals surface area contributed by atoms with Gasteiger partial charge in [0.1, 0.15) is 0 Å². The third-order valence-electron chi connectivity index (χ3n) is 3.30. The maximum atomic E-state index is 2.29. The highest BCUT2D eigenvalue weighted by molar-refractivity contribution is 5.55. The molecule has 3 rings (SSSR count). The van der Waals surface area contributed by atoms with Crippen molar-refractivity contribution in [3.05, 3.63) is 52.8 Å². The van der Waals surface area contributed by atoms with E-state index in [0.717, 1.165) is 6.42 Å². The zero-order valence-corrected chi connectivity index (χ0v) is 8.54. The Bertz CT molecular complexity index is 506. The molecule has 0 N–H and O–H groups in total. The Labute approximate surface area is 84.0 Å². The quantitative estimate of drug-likeness (QED) is 0.505. The minimum absolute atomic E-state index is 1.09. The van der Waals surface area contributed by atoms with Crippen LogP contribution in [-0.4, -0.2) is 4.57 Å². The van der Waals surface area contributed by atoms with Gasteiger partial charge in [-0.3, -0.25) is 0 Å². The number of aryl methyl sites for hydroxylation is 1. The van der Waals surface area contributed by atoms with Gasteiger partial charge >= 0.3 is 0 Å². The molecule has 0 radical (unpaired) electrons. The molecule has 1 aromatic heterocycles. The summed E-state index contributed by atoms with van der Waals surface area (Å²) in [5, 5.41) is 0. The molecule has 0 fully saturated rings. The Morgan fingerprint density at radius 3 is 2.86 bits per heavy atom. The molecule has 0 atom stereocenters. The van der Waals surface area contributed by atoms with Crippen LogP contribution >= 0.6 is 0 Å². The summed E-state index contributed by atoms with van der Waals surface area (Å²) in [6.07, 6.45) is 3.24. The highest BCUT2D eigenvalue weighted by Crippen LogP contribution is 2.31. The van der Waals surface area contributed by atoms with Crippen LogP contribution in [0.4, 0.5) is 0 Å². The first kappa shape index (κ1) is 7.86. The fourth-order valence-electron chi connectivity index (χ4n) is 2.28. The number of hydrogen-bond acceptors (Lipinski definition) is 0. The minimum Gasteiger partial charge on any atom is -0.320 e. The lowest BCUT2D eigenvalue weighted by Gasteiger charge is -2.07. The molecule has 0 amide bonds. The Kier molecular flexibility index (Phi) is 1.41. The highest BCUT2D eigenvalue weighted by atomic mass is 15.0. The summed E-state index contributed by atoms with van der Waals surface area (Å²) < 4.78 is 2.29. The van der Waals surface area contributed by atoms with Crippen LogP contribution in [0.15, 0.2) is 30.5 Å². The van der Waals surface area contributed by atoms with E-state index < -0.39 is 0 Å². The third kappa shape index (κ3) is 0.844. The van der Waals surface area contributed by atoms with Gasteiger partial charge in [-0.05, 0) is 48.7 Å². The topological polar surface area (TPSA) is 4.93 Å². The Morgan fingerprint density at radius 1 is 1.14 bits per heavy atom. The summed E-state index contributed by atoms with van der Waals surface area (Å²) in [5.41, 5.74) is 7.13. The van der Waals surface area contributed by atoms with Gasteiger partial charge in [-0.1, -0.05) is 6.07 Å². The van der Waals surface area contributed by atoms with Gasteiger partial charge in [0.2, 0.25) is 0 Å². The van der Waals surface area contributed by atoms with Crippen molar-refractivity contribution >= 4 is 0 Å². The first-order valence-corrected chi connectivity index (χ1v) is 5.03. The van der Waals surface area contributed by atoms with Crippen molar-refractivity contribution in [3.8, 4) is 5.69 Å². The summed E-state index contributed by atoms with van der Waals surface area (Å²) in [4.78, 5) is 0. The van der Waals surface area contributed by atoms with Crippen LogP contribution in [0.3, 0.4) is 0 Å². The molecular weight excluding hydrogens is 170 g/mol. The molecule has 70 valence electrons. The van der Waals surface area contributed by atoms with Gasteiger partial charge in [0.05, 0.1) is 0 Å². The molecular formula is C13H13N. The van der Waals surface area contributed by atoms with E-state index in [1.807, 2.05) is 0 Å². The lowest BCUT2D eigenvalue weighted by molar-refractivity contribution is 1.05. The minimum atomic E-state index is 1.09. The van der Waals surface area contributed by atoms with Crippen LogP contribution in [-0.2, 0) is 6.42 Å². The Morgan fingerprint density at radius 2 is 2.00 bits per heavy atom. The summed E-state index contributed by atoms with van der Waals surface area (Å²) in [6.45, 7) is 4.41. The van der Waals surface area contributed by atoms with E-state index in [-0.39, 0.29) is 0 Å². The molecule has 0 unspecified atom stereocenters. The average Bonchev–Trinajstić information content (AvgIpc) is 2.71. The third-order valence-corrected chi connectivity index (χ3v) is 3.30. The molecule has 14 heavy (non-hydrogen) atoms. The van der Waals surface area contributed by atoms with Gasteiger partial charge < -0.3 is 4.57 Å². The van der Waals surface area contributed by atoms with E-state index >= 15 is 0 Å². The SMILES string of the molecule is Cc1ccc2c(c1C)Cc1cccn1-2. The zero-order chi connectivity index (χ0) is 9.71. The molecule has 1 nitrogen and oxygen atoms in total. The van der Waals surface area contributed by atoms with Crippen molar-refractivity contribution in [1.29, 1.82) is 0 Å². The number of hydrogen-bond donors (Lipinski definition) is 0. The normalized spacial score (nSPS) is 12.7. The second-order valence-corrected chi connectivity index (χ2v) is 4.05. The molecule has 2 heterocycles. The van der Waals surface area contributed by atoms with Crippen molar-refractivity contribution in [2.75, 3.05) is 0 Å². The zero-order valence-electron chi connectivity index (χ0n) is 8.54. The van der Waals surface area contributed by atoms with Gasteiger partial charge in [-0.2, -0.15) is 0 Å². The number of aromatic nitrogens is 1. The Hall–Kier alpha value is -1.50. The Balaban J connectivity index is 2.32. The van der Waals surface area contributed by atoms with Gasteiger partial charge in [-0.25, -0.2) is 0 Å². The summed E-state index contributed by atoms with van der Waals surface area (Å²) >= 11 is 0. The molecule has 1 aliphatic rings. The van der Waals surface area contributed by atoms with Crippen molar-refractivity contribution in [2.45, 2.75) is 20.3 Å². The van der Waals surface area contributed by atoms with Gasteiger partial charge in [0.25, 0.3) is 0 Å². The van der Waals surface area contributed by atoms with E-state index in [1.54, 1.807) is 0 Å². The number of fused-ring (bicyclic) bond motifs is 3. The van der Waals surface area contributed by atoms with Crippen molar-refractivity contribution < 1.29 is 0 Å². The summed E-state index contributed by atoms with van der Waals surface area (Å²) in [5.74, 6) is 0. The van der Waals surface area contributed by atoms with E-state index in [9.17, 15) is 0 Å². The maximum Gasteiger partial charge on any atom is 0.0491 e. The summed E-state index contributed by atoms with van der Waals surface area (Å²) in [7, 11) is 0. The molecule has 2 aromatic rings. The second-order valence-electron chi connectivity index (χ2n) is 4.05. The predicted molar refractivity (Wildman–Crippen MR) is 58.0 cm³/mol.